The summed E-state index contributed by atoms with van der Waals surface area (Å²) in [5, 5.41) is 10.0. The normalized spacial score (nSPS) is 23.0. The molecule has 0 spiro atoms. The van der Waals surface area contributed by atoms with E-state index < -0.39 is 0 Å². The molecule has 2 unspecified atom stereocenters. The number of benzene rings is 1. The van der Waals surface area contributed by atoms with Crippen molar-refractivity contribution in [2.24, 2.45) is 16.8 Å². The lowest BCUT2D eigenvalue weighted by atomic mass is 9.85. The largest absolute Gasteiger partial charge is 0.372 e. The zero-order valence-corrected chi connectivity index (χ0v) is 19.8. The molecular weight excluding hydrogens is 386 g/mol. The molecule has 6 heteroatoms. The van der Waals surface area contributed by atoms with Crippen LogP contribution in [0.15, 0.2) is 29.3 Å². The Morgan fingerprint density at radius 2 is 1.84 bits per heavy atom. The van der Waals surface area contributed by atoms with E-state index in [0.29, 0.717) is 0 Å². The van der Waals surface area contributed by atoms with E-state index in [1.165, 1.54) is 24.1 Å². The third-order valence-corrected chi connectivity index (χ3v) is 6.59. The first-order valence-corrected chi connectivity index (χ1v) is 12.1. The van der Waals surface area contributed by atoms with Crippen LogP contribution in [-0.4, -0.2) is 44.1 Å². The number of aliphatic imine (C=N–C) groups is 1. The van der Waals surface area contributed by atoms with Crippen molar-refractivity contribution in [1.29, 1.82) is 0 Å². The number of guanidine groups is 1. The molecule has 1 saturated carbocycles. The van der Waals surface area contributed by atoms with Crippen molar-refractivity contribution in [2.75, 3.05) is 25.0 Å². The van der Waals surface area contributed by atoms with Crippen LogP contribution in [0, 0.1) is 11.8 Å². The summed E-state index contributed by atoms with van der Waals surface area (Å²) in [5.74, 6) is 1.94. The number of carbonyl (C=O) groups excluding carboxylic acids is 1. The highest BCUT2D eigenvalue weighted by molar-refractivity contribution is 5.81. The molecule has 172 valence electrons. The minimum atomic E-state index is 0.0945. The molecule has 6 nitrogen and oxygen atoms in total. The second-order valence-corrected chi connectivity index (χ2v) is 9.63. The van der Waals surface area contributed by atoms with Crippen LogP contribution in [0.5, 0.6) is 0 Å². The number of anilines is 1. The van der Waals surface area contributed by atoms with E-state index in [1.807, 2.05) is 20.9 Å². The van der Waals surface area contributed by atoms with E-state index in [9.17, 15) is 4.79 Å². The summed E-state index contributed by atoms with van der Waals surface area (Å²) in [4.78, 5) is 19.3. The molecule has 0 aromatic heterocycles. The number of rotatable bonds is 6. The van der Waals surface area contributed by atoms with Gasteiger partial charge in [0.25, 0.3) is 0 Å². The molecule has 1 amide bonds. The van der Waals surface area contributed by atoms with Gasteiger partial charge in [-0.1, -0.05) is 25.5 Å². The van der Waals surface area contributed by atoms with Crippen molar-refractivity contribution in [3.8, 4) is 0 Å². The molecule has 31 heavy (non-hydrogen) atoms. The number of nitrogens with one attached hydrogen (secondary N) is 3. The van der Waals surface area contributed by atoms with Gasteiger partial charge < -0.3 is 20.9 Å². The van der Waals surface area contributed by atoms with E-state index >= 15 is 0 Å². The van der Waals surface area contributed by atoms with Crippen LogP contribution in [-0.2, 0) is 11.3 Å². The zero-order chi connectivity index (χ0) is 22.2. The van der Waals surface area contributed by atoms with Crippen molar-refractivity contribution in [1.82, 2.24) is 16.0 Å². The Balaban J connectivity index is 1.46. The first-order valence-electron chi connectivity index (χ1n) is 12.1. The first kappa shape index (κ1) is 23.4. The van der Waals surface area contributed by atoms with Gasteiger partial charge in [0.2, 0.25) is 5.91 Å². The Morgan fingerprint density at radius 3 is 2.48 bits per heavy atom. The van der Waals surface area contributed by atoms with E-state index in [2.05, 4.69) is 57.0 Å². The fraction of sp³-hybridized carbons (Fsp3) is 0.680. The monoisotopic (exact) mass is 427 g/mol. The summed E-state index contributed by atoms with van der Waals surface area (Å²) in [6.45, 7) is 9.44. The van der Waals surface area contributed by atoms with Gasteiger partial charge in [0.15, 0.2) is 5.96 Å². The Bertz CT molecular complexity index is 722. The highest BCUT2D eigenvalue weighted by Gasteiger charge is 2.28. The summed E-state index contributed by atoms with van der Waals surface area (Å²) in [6, 6.07) is 9.37. The van der Waals surface area contributed by atoms with E-state index in [-0.39, 0.29) is 23.9 Å². The molecule has 1 heterocycles. The highest BCUT2D eigenvalue weighted by Crippen LogP contribution is 2.25. The van der Waals surface area contributed by atoms with E-state index in [4.69, 9.17) is 0 Å². The molecule has 1 aromatic carbocycles. The summed E-state index contributed by atoms with van der Waals surface area (Å²) in [7, 11) is 1.81. The predicted octanol–water partition coefficient (Wildman–Crippen LogP) is 3.67. The smallest absolute Gasteiger partial charge is 0.223 e. The number of amides is 1. The molecule has 1 aliphatic heterocycles. The lowest BCUT2D eigenvalue weighted by Crippen LogP contribution is -2.47. The fourth-order valence-electron chi connectivity index (χ4n) is 4.63. The number of nitrogens with zero attached hydrogens (tertiary/aromatic N) is 2. The molecule has 3 rings (SSSR count). The van der Waals surface area contributed by atoms with E-state index in [0.717, 1.165) is 57.2 Å². The highest BCUT2D eigenvalue weighted by atomic mass is 16.1. The van der Waals surface area contributed by atoms with Crippen LogP contribution >= 0.6 is 0 Å². The Labute approximate surface area is 188 Å². The van der Waals surface area contributed by atoms with Gasteiger partial charge in [-0.3, -0.25) is 9.79 Å². The Morgan fingerprint density at radius 1 is 1.13 bits per heavy atom. The van der Waals surface area contributed by atoms with Crippen molar-refractivity contribution < 1.29 is 4.79 Å². The molecule has 0 bridgehead atoms. The first-order chi connectivity index (χ1) is 14.9. The van der Waals surface area contributed by atoms with Crippen molar-refractivity contribution in [3.63, 3.8) is 0 Å². The fourth-order valence-corrected chi connectivity index (χ4v) is 4.63. The third kappa shape index (κ3) is 7.15. The summed E-state index contributed by atoms with van der Waals surface area (Å²) in [6.07, 6.45) is 6.56. The topological polar surface area (TPSA) is 68.8 Å². The van der Waals surface area contributed by atoms with Gasteiger partial charge in [-0.25, -0.2) is 0 Å². The zero-order valence-electron chi connectivity index (χ0n) is 19.8. The molecule has 2 fully saturated rings. The Kier molecular flexibility index (Phi) is 8.61. The molecule has 1 aromatic rings. The lowest BCUT2D eigenvalue weighted by Gasteiger charge is -2.32. The van der Waals surface area contributed by atoms with Gasteiger partial charge in [-0.05, 0) is 69.6 Å². The predicted molar refractivity (Wildman–Crippen MR) is 129 cm³/mol. The minimum Gasteiger partial charge on any atom is -0.372 e. The number of hydrogen-bond acceptors (Lipinski definition) is 3. The molecular formula is C25H41N5O. The molecule has 2 atom stereocenters. The summed E-state index contributed by atoms with van der Waals surface area (Å²) < 4.78 is 0. The van der Waals surface area contributed by atoms with Crippen molar-refractivity contribution in [2.45, 2.75) is 77.9 Å². The molecule has 1 aliphatic carbocycles. The maximum absolute atomic E-state index is 12.4. The van der Waals surface area contributed by atoms with Gasteiger partial charge in [0.1, 0.15) is 0 Å². The van der Waals surface area contributed by atoms with Gasteiger partial charge in [0, 0.05) is 50.4 Å². The Hall–Kier alpha value is -2.24. The standard InChI is InChI=1S/C25H41N5O/c1-18(2)28-24(31)21-6-5-7-22(16-21)29-25(26-4)27-17-20-8-10-23(11-9-20)30-14-12-19(3)13-15-30/h8-11,18-19,21-22H,5-7,12-17H2,1-4H3,(H,28,31)(H2,26,27,29). The molecule has 1 saturated heterocycles. The lowest BCUT2D eigenvalue weighted by molar-refractivity contribution is -0.126. The molecule has 0 radical (unpaired) electrons. The summed E-state index contributed by atoms with van der Waals surface area (Å²) in [5.41, 5.74) is 2.57. The quantitative estimate of drug-likeness (QED) is 0.479. The SMILES string of the molecule is CN=C(NCc1ccc(N2CCC(C)CC2)cc1)NC1CCCC(C(=O)NC(C)C)C1. The van der Waals surface area contributed by atoms with Crippen LogP contribution in [0.4, 0.5) is 5.69 Å². The van der Waals surface area contributed by atoms with Gasteiger partial charge in [0.05, 0.1) is 0 Å². The van der Waals surface area contributed by atoms with Gasteiger partial charge in [-0.15, -0.1) is 0 Å². The van der Waals surface area contributed by atoms with Crippen LogP contribution < -0.4 is 20.9 Å². The van der Waals surface area contributed by atoms with Crippen LogP contribution in [0.3, 0.4) is 0 Å². The van der Waals surface area contributed by atoms with Gasteiger partial charge >= 0.3 is 0 Å². The second kappa shape index (κ2) is 11.4. The average Bonchev–Trinajstić information content (AvgIpc) is 2.77. The average molecular weight is 428 g/mol. The maximum Gasteiger partial charge on any atom is 0.223 e. The van der Waals surface area contributed by atoms with Crippen molar-refractivity contribution in [3.05, 3.63) is 29.8 Å². The van der Waals surface area contributed by atoms with E-state index in [1.54, 1.807) is 0 Å². The van der Waals surface area contributed by atoms with Crippen molar-refractivity contribution >= 4 is 17.6 Å². The maximum atomic E-state index is 12.4. The second-order valence-electron chi connectivity index (χ2n) is 9.63. The number of carbonyl (C=O) groups is 1. The number of hydrogen-bond donors (Lipinski definition) is 3. The summed E-state index contributed by atoms with van der Waals surface area (Å²) >= 11 is 0. The van der Waals surface area contributed by atoms with Crippen LogP contribution in [0.1, 0.15) is 64.9 Å². The van der Waals surface area contributed by atoms with Gasteiger partial charge in [-0.2, -0.15) is 0 Å². The van der Waals surface area contributed by atoms with Crippen LogP contribution in [0.2, 0.25) is 0 Å². The minimum absolute atomic E-state index is 0.0945. The molecule has 2 aliphatic rings. The third-order valence-electron chi connectivity index (χ3n) is 6.59. The molecule has 3 N–H and O–H groups in total. The van der Waals surface area contributed by atoms with Crippen LogP contribution in [0.25, 0.3) is 0 Å². The number of piperidine rings is 1.